The van der Waals surface area contributed by atoms with E-state index in [1.807, 2.05) is 0 Å². The van der Waals surface area contributed by atoms with E-state index in [-0.39, 0.29) is 11.9 Å². The fourth-order valence-electron chi connectivity index (χ4n) is 2.46. The normalized spacial score (nSPS) is 22.6. The van der Waals surface area contributed by atoms with Crippen LogP contribution in [0, 0.1) is 5.92 Å². The summed E-state index contributed by atoms with van der Waals surface area (Å²) in [5.41, 5.74) is 0. The molecule has 1 atom stereocenters. The van der Waals surface area contributed by atoms with Crippen LogP contribution in [0.25, 0.3) is 0 Å². The van der Waals surface area contributed by atoms with Gasteiger partial charge in [-0.2, -0.15) is 0 Å². The number of likely N-dealkylation sites (tertiary alicyclic amines) is 2. The van der Waals surface area contributed by atoms with Crippen molar-refractivity contribution in [3.05, 3.63) is 0 Å². The average Bonchev–Trinajstić information content (AvgIpc) is 2.76. The third-order valence-electron chi connectivity index (χ3n) is 3.83. The number of carbonyl (C=O) groups excluding carboxylic acids is 1. The summed E-state index contributed by atoms with van der Waals surface area (Å²) < 4.78 is 0. The topological polar surface area (TPSA) is 72.9 Å². The van der Waals surface area contributed by atoms with Gasteiger partial charge in [-0.3, -0.25) is 9.69 Å². The van der Waals surface area contributed by atoms with Crippen LogP contribution in [0.15, 0.2) is 0 Å². The molecule has 2 saturated heterocycles. The molecule has 0 saturated carbocycles. The van der Waals surface area contributed by atoms with Gasteiger partial charge in [-0.1, -0.05) is 0 Å². The van der Waals surface area contributed by atoms with Gasteiger partial charge in [-0.05, 0) is 32.9 Å². The van der Waals surface area contributed by atoms with Gasteiger partial charge in [0.1, 0.15) is 0 Å². The Morgan fingerprint density at radius 3 is 2.50 bits per heavy atom. The minimum Gasteiger partial charge on any atom is -0.481 e. The molecule has 0 radical (unpaired) electrons. The van der Waals surface area contributed by atoms with E-state index >= 15 is 0 Å². The zero-order valence-corrected chi connectivity index (χ0v) is 10.8. The number of carbonyl (C=O) groups is 2. The van der Waals surface area contributed by atoms with E-state index in [9.17, 15) is 9.59 Å². The van der Waals surface area contributed by atoms with Crippen molar-refractivity contribution >= 4 is 12.0 Å². The van der Waals surface area contributed by atoms with Crippen molar-refractivity contribution < 1.29 is 14.7 Å². The largest absolute Gasteiger partial charge is 0.481 e. The first-order valence-corrected chi connectivity index (χ1v) is 6.57. The molecule has 1 unspecified atom stereocenters. The fraction of sp³-hybridized carbons (Fsp3) is 0.833. The molecule has 2 fully saturated rings. The third-order valence-corrected chi connectivity index (χ3v) is 3.83. The molecular weight excluding hydrogens is 234 g/mol. The van der Waals surface area contributed by atoms with Gasteiger partial charge >= 0.3 is 12.0 Å². The Labute approximate surface area is 107 Å². The fourth-order valence-corrected chi connectivity index (χ4v) is 2.46. The molecule has 0 aromatic heterocycles. The van der Waals surface area contributed by atoms with Crippen molar-refractivity contribution in [2.45, 2.75) is 25.8 Å². The maximum absolute atomic E-state index is 11.7. The van der Waals surface area contributed by atoms with E-state index in [4.69, 9.17) is 5.11 Å². The molecule has 0 spiro atoms. The Hall–Kier alpha value is -1.30. The first-order valence-electron chi connectivity index (χ1n) is 6.57. The quantitative estimate of drug-likeness (QED) is 0.752. The zero-order chi connectivity index (χ0) is 13.1. The summed E-state index contributed by atoms with van der Waals surface area (Å²) in [5, 5.41) is 11.6. The number of nitrogens with zero attached hydrogens (tertiary/aromatic N) is 2. The first kappa shape index (κ1) is 13.1. The van der Waals surface area contributed by atoms with Crippen LogP contribution in [0.4, 0.5) is 4.79 Å². The predicted octanol–water partition coefficient (Wildman–Crippen LogP) is 0.197. The highest BCUT2D eigenvalue weighted by molar-refractivity contribution is 5.79. The van der Waals surface area contributed by atoms with Crippen molar-refractivity contribution in [1.82, 2.24) is 15.1 Å². The van der Waals surface area contributed by atoms with Gasteiger partial charge < -0.3 is 15.3 Å². The number of rotatable bonds is 4. The number of aliphatic carboxylic acids is 1. The molecule has 0 bridgehead atoms. The lowest BCUT2D eigenvalue weighted by atomic mass is 10.0. The maximum atomic E-state index is 11.7. The Morgan fingerprint density at radius 1 is 1.33 bits per heavy atom. The average molecular weight is 255 g/mol. The molecule has 18 heavy (non-hydrogen) atoms. The van der Waals surface area contributed by atoms with Crippen molar-refractivity contribution in [3.8, 4) is 0 Å². The first-order chi connectivity index (χ1) is 8.58. The number of urea groups is 1. The number of amides is 2. The molecule has 102 valence electrons. The molecule has 2 aliphatic rings. The molecule has 2 heterocycles. The molecular formula is C12H21N3O3. The molecule has 6 heteroatoms. The van der Waals surface area contributed by atoms with E-state index in [0.29, 0.717) is 25.7 Å². The molecule has 0 aromatic rings. The molecule has 2 amide bonds. The molecule has 0 aromatic carbocycles. The Morgan fingerprint density at radius 2 is 1.94 bits per heavy atom. The summed E-state index contributed by atoms with van der Waals surface area (Å²) in [6, 6.07) is 0.214. The zero-order valence-electron chi connectivity index (χ0n) is 10.8. The van der Waals surface area contributed by atoms with Crippen LogP contribution >= 0.6 is 0 Å². The summed E-state index contributed by atoms with van der Waals surface area (Å²) >= 11 is 0. The minimum atomic E-state index is -0.815. The SMILES string of the molecule is CC(CNC(=O)N1CC(C(=O)O)C1)N1CCCC1. The van der Waals surface area contributed by atoms with Gasteiger partial charge in [0.15, 0.2) is 0 Å². The number of nitrogens with one attached hydrogen (secondary N) is 1. The smallest absolute Gasteiger partial charge is 0.317 e. The second-order valence-corrected chi connectivity index (χ2v) is 5.22. The van der Waals surface area contributed by atoms with Crippen LogP contribution in [0.1, 0.15) is 19.8 Å². The number of hydrogen-bond acceptors (Lipinski definition) is 3. The second-order valence-electron chi connectivity index (χ2n) is 5.22. The highest BCUT2D eigenvalue weighted by Gasteiger charge is 2.35. The summed E-state index contributed by atoms with van der Waals surface area (Å²) in [6.07, 6.45) is 2.48. The standard InChI is InChI=1S/C12H21N3O3/c1-9(14-4-2-3-5-14)6-13-12(18)15-7-10(8-15)11(16)17/h9-10H,2-8H2,1H3,(H,13,18)(H,16,17). The lowest BCUT2D eigenvalue weighted by Gasteiger charge is -2.37. The molecule has 2 N–H and O–H groups in total. The van der Waals surface area contributed by atoms with Crippen molar-refractivity contribution in [1.29, 1.82) is 0 Å². The van der Waals surface area contributed by atoms with Gasteiger partial charge in [0.2, 0.25) is 0 Å². The molecule has 6 nitrogen and oxygen atoms in total. The van der Waals surface area contributed by atoms with Crippen LogP contribution in [0.2, 0.25) is 0 Å². The number of carboxylic acid groups (broad SMARTS) is 1. The third kappa shape index (κ3) is 2.93. The highest BCUT2D eigenvalue weighted by atomic mass is 16.4. The second kappa shape index (κ2) is 5.56. The molecule has 2 rings (SSSR count). The number of carboxylic acids is 1. The van der Waals surface area contributed by atoms with Gasteiger partial charge in [-0.25, -0.2) is 4.79 Å². The molecule has 2 aliphatic heterocycles. The van der Waals surface area contributed by atoms with E-state index < -0.39 is 5.97 Å². The van der Waals surface area contributed by atoms with Crippen LogP contribution in [0.5, 0.6) is 0 Å². The van der Waals surface area contributed by atoms with Gasteiger partial charge in [0.25, 0.3) is 0 Å². The van der Waals surface area contributed by atoms with Crippen LogP contribution < -0.4 is 5.32 Å². The van der Waals surface area contributed by atoms with Crippen LogP contribution in [-0.2, 0) is 4.79 Å². The number of hydrogen-bond donors (Lipinski definition) is 2. The maximum Gasteiger partial charge on any atom is 0.317 e. The van der Waals surface area contributed by atoms with E-state index in [1.54, 1.807) is 4.90 Å². The van der Waals surface area contributed by atoms with Gasteiger partial charge in [0, 0.05) is 25.7 Å². The lowest BCUT2D eigenvalue weighted by Crippen LogP contribution is -2.57. The van der Waals surface area contributed by atoms with Crippen molar-refractivity contribution in [3.63, 3.8) is 0 Å². The van der Waals surface area contributed by atoms with Crippen molar-refractivity contribution in [2.75, 3.05) is 32.7 Å². The Kier molecular flexibility index (Phi) is 4.06. The van der Waals surface area contributed by atoms with E-state index in [0.717, 1.165) is 13.1 Å². The monoisotopic (exact) mass is 255 g/mol. The summed E-state index contributed by atoms with van der Waals surface area (Å²) in [4.78, 5) is 26.3. The van der Waals surface area contributed by atoms with Crippen molar-refractivity contribution in [2.24, 2.45) is 5.92 Å². The van der Waals surface area contributed by atoms with Crippen LogP contribution in [-0.4, -0.2) is 65.7 Å². The van der Waals surface area contributed by atoms with Crippen LogP contribution in [0.3, 0.4) is 0 Å². The molecule has 0 aliphatic carbocycles. The van der Waals surface area contributed by atoms with E-state index in [1.165, 1.54) is 12.8 Å². The minimum absolute atomic E-state index is 0.140. The predicted molar refractivity (Wildman–Crippen MR) is 66.4 cm³/mol. The summed E-state index contributed by atoms with van der Waals surface area (Å²) in [5.74, 6) is -1.20. The lowest BCUT2D eigenvalue weighted by molar-refractivity contribution is -0.146. The Bertz CT molecular complexity index is 323. The summed E-state index contributed by atoms with van der Waals surface area (Å²) in [6.45, 7) is 5.64. The highest BCUT2D eigenvalue weighted by Crippen LogP contribution is 2.15. The van der Waals surface area contributed by atoms with Gasteiger partial charge in [0.05, 0.1) is 5.92 Å². The van der Waals surface area contributed by atoms with Gasteiger partial charge in [-0.15, -0.1) is 0 Å². The summed E-state index contributed by atoms with van der Waals surface area (Å²) in [7, 11) is 0. The Balaban J connectivity index is 1.65. The van der Waals surface area contributed by atoms with E-state index in [2.05, 4.69) is 17.1 Å².